The topological polar surface area (TPSA) is 50.8 Å². The molecule has 1 aliphatic rings. The molecule has 124 valence electrons. The van der Waals surface area contributed by atoms with Crippen molar-refractivity contribution >= 4 is 6.09 Å². The Kier molecular flexibility index (Phi) is 6.94. The van der Waals surface area contributed by atoms with Crippen molar-refractivity contribution in [1.29, 1.82) is 0 Å². The fourth-order valence-corrected chi connectivity index (χ4v) is 2.52. The minimum atomic E-state index is -0.437. The molecule has 0 spiro atoms. The Balaban J connectivity index is 2.53. The van der Waals surface area contributed by atoms with Crippen molar-refractivity contribution < 1.29 is 14.3 Å². The molecule has 0 aromatic heterocycles. The van der Waals surface area contributed by atoms with Gasteiger partial charge < -0.3 is 19.7 Å². The molecule has 5 nitrogen and oxygen atoms in total. The van der Waals surface area contributed by atoms with E-state index in [4.69, 9.17) is 9.47 Å². The van der Waals surface area contributed by atoms with E-state index in [0.717, 1.165) is 19.4 Å². The summed E-state index contributed by atoms with van der Waals surface area (Å²) >= 11 is 0. The van der Waals surface area contributed by atoms with Crippen molar-refractivity contribution in [2.24, 2.45) is 5.92 Å². The number of hydrogen-bond acceptors (Lipinski definition) is 4. The maximum Gasteiger partial charge on any atom is 0.410 e. The highest BCUT2D eigenvalue weighted by Gasteiger charge is 2.29. The van der Waals surface area contributed by atoms with E-state index in [9.17, 15) is 4.79 Å². The molecule has 1 aliphatic heterocycles. The third-order valence-electron chi connectivity index (χ3n) is 3.67. The van der Waals surface area contributed by atoms with E-state index in [1.54, 1.807) is 7.11 Å². The van der Waals surface area contributed by atoms with Crippen LogP contribution in [0.5, 0.6) is 0 Å². The zero-order valence-corrected chi connectivity index (χ0v) is 14.4. The Morgan fingerprint density at radius 3 is 2.57 bits per heavy atom. The predicted molar refractivity (Wildman–Crippen MR) is 84.5 cm³/mol. The Labute approximate surface area is 129 Å². The molecular formula is C16H32N2O3. The van der Waals surface area contributed by atoms with E-state index in [-0.39, 0.29) is 6.09 Å². The lowest BCUT2D eigenvalue weighted by Gasteiger charge is -2.36. The Morgan fingerprint density at radius 1 is 1.38 bits per heavy atom. The summed E-state index contributed by atoms with van der Waals surface area (Å²) < 4.78 is 10.7. The van der Waals surface area contributed by atoms with Crippen LogP contribution in [0.15, 0.2) is 0 Å². The monoisotopic (exact) mass is 300 g/mol. The van der Waals surface area contributed by atoms with E-state index in [2.05, 4.69) is 19.2 Å². The molecular weight excluding hydrogens is 268 g/mol. The minimum Gasteiger partial charge on any atom is -0.444 e. The second-order valence-electron chi connectivity index (χ2n) is 7.24. The summed E-state index contributed by atoms with van der Waals surface area (Å²) in [6.45, 7) is 12.3. The first kappa shape index (κ1) is 18.2. The van der Waals surface area contributed by atoms with Gasteiger partial charge in [0.15, 0.2) is 0 Å². The molecule has 1 heterocycles. The van der Waals surface area contributed by atoms with E-state index in [0.29, 0.717) is 31.2 Å². The molecule has 5 heteroatoms. The number of piperidine rings is 1. The summed E-state index contributed by atoms with van der Waals surface area (Å²) in [5.74, 6) is 0.502. The van der Waals surface area contributed by atoms with Gasteiger partial charge in [0, 0.05) is 32.3 Å². The molecule has 2 atom stereocenters. The van der Waals surface area contributed by atoms with Gasteiger partial charge in [0.25, 0.3) is 0 Å². The largest absolute Gasteiger partial charge is 0.444 e. The standard InChI is InChI=1S/C16H32N2O3/c1-12(2)14(11-20-6)17-13-8-7-9-18(10-13)15(19)21-16(3,4)5/h12-14,17H,7-11H2,1-6H3. The third kappa shape index (κ3) is 6.66. The molecule has 1 fully saturated rings. The van der Waals surface area contributed by atoms with Gasteiger partial charge in [-0.2, -0.15) is 0 Å². The molecule has 1 saturated heterocycles. The first-order valence-corrected chi connectivity index (χ1v) is 7.96. The molecule has 0 radical (unpaired) electrons. The van der Waals surface area contributed by atoms with Crippen molar-refractivity contribution in [3.63, 3.8) is 0 Å². The summed E-state index contributed by atoms with van der Waals surface area (Å²) in [5, 5.41) is 3.63. The Hall–Kier alpha value is -0.810. The summed E-state index contributed by atoms with van der Waals surface area (Å²) in [6, 6.07) is 0.632. The van der Waals surface area contributed by atoms with Crippen LogP contribution in [0.4, 0.5) is 4.79 Å². The fraction of sp³-hybridized carbons (Fsp3) is 0.938. The van der Waals surface area contributed by atoms with E-state index < -0.39 is 5.60 Å². The summed E-state index contributed by atoms with van der Waals surface area (Å²) in [5.41, 5.74) is -0.437. The molecule has 2 unspecified atom stereocenters. The van der Waals surface area contributed by atoms with Crippen LogP contribution < -0.4 is 5.32 Å². The van der Waals surface area contributed by atoms with Gasteiger partial charge in [-0.15, -0.1) is 0 Å². The van der Waals surface area contributed by atoms with Gasteiger partial charge in [0.1, 0.15) is 5.60 Å². The highest BCUT2D eigenvalue weighted by molar-refractivity contribution is 5.68. The molecule has 0 saturated carbocycles. The van der Waals surface area contributed by atoms with Crippen LogP contribution in [-0.4, -0.2) is 55.5 Å². The van der Waals surface area contributed by atoms with Crippen LogP contribution >= 0.6 is 0 Å². The van der Waals surface area contributed by atoms with Crippen molar-refractivity contribution in [2.75, 3.05) is 26.8 Å². The molecule has 0 aromatic carbocycles. The van der Waals surface area contributed by atoms with Crippen molar-refractivity contribution in [1.82, 2.24) is 10.2 Å². The van der Waals surface area contributed by atoms with Crippen molar-refractivity contribution in [3.05, 3.63) is 0 Å². The maximum absolute atomic E-state index is 12.2. The minimum absolute atomic E-state index is 0.207. The summed E-state index contributed by atoms with van der Waals surface area (Å²) in [6.07, 6.45) is 1.89. The van der Waals surface area contributed by atoms with Gasteiger partial charge in [0.2, 0.25) is 0 Å². The number of carbonyl (C=O) groups excluding carboxylic acids is 1. The van der Waals surface area contributed by atoms with Gasteiger partial charge in [-0.1, -0.05) is 13.8 Å². The number of rotatable bonds is 5. The smallest absolute Gasteiger partial charge is 0.410 e. The van der Waals surface area contributed by atoms with Crippen LogP contribution in [-0.2, 0) is 9.47 Å². The second kappa shape index (κ2) is 7.99. The number of hydrogen-bond donors (Lipinski definition) is 1. The number of carbonyl (C=O) groups is 1. The highest BCUT2D eigenvalue weighted by atomic mass is 16.6. The first-order valence-electron chi connectivity index (χ1n) is 7.96. The first-order chi connectivity index (χ1) is 9.73. The van der Waals surface area contributed by atoms with Crippen LogP contribution in [0.3, 0.4) is 0 Å². The van der Waals surface area contributed by atoms with Crippen LogP contribution in [0.2, 0.25) is 0 Å². The van der Waals surface area contributed by atoms with E-state index >= 15 is 0 Å². The lowest BCUT2D eigenvalue weighted by molar-refractivity contribution is 0.0173. The number of methoxy groups -OCH3 is 1. The molecule has 0 aromatic rings. The number of amides is 1. The number of likely N-dealkylation sites (tertiary alicyclic amines) is 1. The highest BCUT2D eigenvalue weighted by Crippen LogP contribution is 2.16. The van der Waals surface area contributed by atoms with Gasteiger partial charge in [-0.25, -0.2) is 4.79 Å². The van der Waals surface area contributed by atoms with Crippen LogP contribution in [0, 0.1) is 5.92 Å². The van der Waals surface area contributed by atoms with Gasteiger partial charge in [-0.05, 0) is 39.5 Å². The number of nitrogens with zero attached hydrogens (tertiary/aromatic N) is 1. The van der Waals surface area contributed by atoms with Crippen molar-refractivity contribution in [3.8, 4) is 0 Å². The average Bonchev–Trinajstić information content (AvgIpc) is 2.36. The molecule has 21 heavy (non-hydrogen) atoms. The normalized spacial score (nSPS) is 21.5. The molecule has 0 bridgehead atoms. The van der Waals surface area contributed by atoms with Gasteiger partial charge in [-0.3, -0.25) is 0 Å². The maximum atomic E-state index is 12.2. The molecule has 1 N–H and O–H groups in total. The lowest BCUT2D eigenvalue weighted by Crippen LogP contribution is -2.53. The Morgan fingerprint density at radius 2 is 2.05 bits per heavy atom. The predicted octanol–water partition coefficient (Wildman–Crippen LogP) is 2.65. The zero-order valence-electron chi connectivity index (χ0n) is 14.4. The summed E-state index contributed by atoms with van der Waals surface area (Å²) in [7, 11) is 1.73. The third-order valence-corrected chi connectivity index (χ3v) is 3.67. The molecule has 1 amide bonds. The molecule has 1 rings (SSSR count). The van der Waals surface area contributed by atoms with Gasteiger partial charge >= 0.3 is 6.09 Å². The summed E-state index contributed by atoms with van der Waals surface area (Å²) in [4.78, 5) is 14.0. The number of nitrogens with one attached hydrogen (secondary N) is 1. The van der Waals surface area contributed by atoms with Crippen LogP contribution in [0.1, 0.15) is 47.5 Å². The lowest BCUT2D eigenvalue weighted by atomic mass is 10.0. The zero-order chi connectivity index (χ0) is 16.0. The van der Waals surface area contributed by atoms with Crippen molar-refractivity contribution in [2.45, 2.75) is 65.1 Å². The number of ether oxygens (including phenoxy) is 2. The Bertz CT molecular complexity index is 326. The quantitative estimate of drug-likeness (QED) is 0.848. The van der Waals surface area contributed by atoms with Gasteiger partial charge in [0.05, 0.1) is 6.61 Å². The fourth-order valence-electron chi connectivity index (χ4n) is 2.52. The van der Waals surface area contributed by atoms with E-state index in [1.807, 2.05) is 25.7 Å². The molecule has 0 aliphatic carbocycles. The van der Waals surface area contributed by atoms with E-state index in [1.165, 1.54) is 0 Å². The average molecular weight is 300 g/mol. The SMILES string of the molecule is COCC(NC1CCCN(C(=O)OC(C)(C)C)C1)C(C)C. The van der Waals surface area contributed by atoms with Crippen LogP contribution in [0.25, 0.3) is 0 Å². The second-order valence-corrected chi connectivity index (χ2v) is 7.24.